The monoisotopic (exact) mass is 388 g/mol. The number of methoxy groups -OCH3 is 1. The van der Waals surface area contributed by atoms with Crippen LogP contribution in [0.15, 0.2) is 18.2 Å². The number of likely N-dealkylation sites (tertiary alicyclic amines) is 1. The van der Waals surface area contributed by atoms with Crippen LogP contribution in [0.1, 0.15) is 36.2 Å². The van der Waals surface area contributed by atoms with Crippen LogP contribution in [-0.2, 0) is 10.9 Å². The molecule has 150 valence electrons. The van der Waals surface area contributed by atoms with Crippen molar-refractivity contribution >= 4 is 17.7 Å². The fourth-order valence-electron chi connectivity index (χ4n) is 3.59. The van der Waals surface area contributed by atoms with E-state index in [0.717, 1.165) is 25.3 Å². The summed E-state index contributed by atoms with van der Waals surface area (Å²) in [6.45, 7) is 4.32. The van der Waals surface area contributed by atoms with E-state index in [1.54, 1.807) is 6.92 Å². The number of benzene rings is 1. The summed E-state index contributed by atoms with van der Waals surface area (Å²) in [5, 5.41) is 12.0. The van der Waals surface area contributed by atoms with Crippen LogP contribution in [0.5, 0.6) is 0 Å². The summed E-state index contributed by atoms with van der Waals surface area (Å²) in [6, 6.07) is 2.74. The largest absolute Gasteiger partial charge is 0.465 e. The number of carboxylic acid groups (broad SMARTS) is 1. The Morgan fingerprint density at radius 3 is 2.56 bits per heavy atom. The van der Waals surface area contributed by atoms with E-state index in [9.17, 15) is 22.8 Å². The molecule has 0 aliphatic carbocycles. The molecule has 1 aromatic rings. The summed E-state index contributed by atoms with van der Waals surface area (Å²) in [6.07, 6.45) is -5.03. The highest BCUT2D eigenvalue weighted by atomic mass is 19.4. The molecule has 1 aromatic carbocycles. The van der Waals surface area contributed by atoms with Gasteiger partial charge in [-0.05, 0) is 43.4 Å². The molecule has 9 heteroatoms. The number of ether oxygens (including phenoxy) is 1. The summed E-state index contributed by atoms with van der Waals surface area (Å²) in [7, 11) is 1.16. The van der Waals surface area contributed by atoms with Gasteiger partial charge in [0, 0.05) is 24.8 Å². The fourth-order valence-corrected chi connectivity index (χ4v) is 3.59. The van der Waals surface area contributed by atoms with Crippen LogP contribution < -0.4 is 5.32 Å². The lowest BCUT2D eigenvalue weighted by Gasteiger charge is -2.39. The second-order valence-electron chi connectivity index (χ2n) is 6.84. The SMILES string of the molecule is COC(=O)c1ccc(C(F)(F)F)c(NC(C)[C@H]2CCN(C(=O)O)C[C@H]2C)c1. The number of hydrogen-bond donors (Lipinski definition) is 2. The van der Waals surface area contributed by atoms with Gasteiger partial charge >= 0.3 is 18.2 Å². The number of halogens is 3. The van der Waals surface area contributed by atoms with Gasteiger partial charge < -0.3 is 20.1 Å². The lowest BCUT2D eigenvalue weighted by Crippen LogP contribution is -2.46. The van der Waals surface area contributed by atoms with E-state index in [-0.39, 0.29) is 29.1 Å². The number of nitrogens with zero attached hydrogens (tertiary/aromatic N) is 1. The Bertz CT molecular complexity index is 708. The average Bonchev–Trinajstić information content (AvgIpc) is 2.59. The Morgan fingerprint density at radius 1 is 1.37 bits per heavy atom. The predicted octanol–water partition coefficient (Wildman–Crippen LogP) is 3.93. The van der Waals surface area contributed by atoms with Crippen molar-refractivity contribution in [3.63, 3.8) is 0 Å². The summed E-state index contributed by atoms with van der Waals surface area (Å²) in [5.41, 5.74) is -1.03. The van der Waals surface area contributed by atoms with Gasteiger partial charge in [0.1, 0.15) is 0 Å². The number of hydrogen-bond acceptors (Lipinski definition) is 4. The molecular formula is C18H23F3N2O4. The van der Waals surface area contributed by atoms with Crippen LogP contribution in [0.4, 0.5) is 23.7 Å². The van der Waals surface area contributed by atoms with E-state index in [1.165, 1.54) is 4.90 Å². The van der Waals surface area contributed by atoms with E-state index >= 15 is 0 Å². The Labute approximate surface area is 155 Å². The standard InChI is InChI=1S/C18H23F3N2O4/c1-10-9-23(17(25)26)7-6-13(10)11(2)22-15-8-12(16(24)27-3)4-5-14(15)18(19,20)21/h4-5,8,10-11,13,22H,6-7,9H2,1-3H3,(H,25,26)/t10-,11?,13+/m1/s1. The van der Waals surface area contributed by atoms with Crippen molar-refractivity contribution in [2.24, 2.45) is 11.8 Å². The van der Waals surface area contributed by atoms with Gasteiger partial charge in [-0.25, -0.2) is 9.59 Å². The maximum absolute atomic E-state index is 13.3. The van der Waals surface area contributed by atoms with E-state index < -0.39 is 23.8 Å². The van der Waals surface area contributed by atoms with Crippen LogP contribution >= 0.6 is 0 Å². The first kappa shape index (κ1) is 20.9. The molecule has 1 aliphatic rings. The third kappa shape index (κ3) is 4.84. The molecule has 1 amide bonds. The molecule has 2 rings (SSSR count). The molecule has 27 heavy (non-hydrogen) atoms. The van der Waals surface area contributed by atoms with Crippen molar-refractivity contribution < 1.29 is 32.6 Å². The van der Waals surface area contributed by atoms with Crippen molar-refractivity contribution in [1.82, 2.24) is 4.90 Å². The molecule has 3 atom stereocenters. The first-order chi connectivity index (χ1) is 12.5. The second kappa shape index (κ2) is 8.06. The third-order valence-electron chi connectivity index (χ3n) is 5.01. The van der Waals surface area contributed by atoms with E-state index in [1.807, 2.05) is 6.92 Å². The van der Waals surface area contributed by atoms with Crippen LogP contribution in [0.2, 0.25) is 0 Å². The topological polar surface area (TPSA) is 78.9 Å². The first-order valence-electron chi connectivity index (χ1n) is 8.58. The van der Waals surface area contributed by atoms with Crippen molar-refractivity contribution in [2.75, 3.05) is 25.5 Å². The third-order valence-corrected chi connectivity index (χ3v) is 5.01. The van der Waals surface area contributed by atoms with Gasteiger partial charge in [0.15, 0.2) is 0 Å². The summed E-state index contributed by atoms with van der Waals surface area (Å²) in [4.78, 5) is 24.1. The Kier molecular flexibility index (Phi) is 6.22. The van der Waals surface area contributed by atoms with Crippen molar-refractivity contribution in [3.05, 3.63) is 29.3 Å². The smallest absolute Gasteiger partial charge is 0.418 e. The minimum atomic E-state index is -4.57. The van der Waals surface area contributed by atoms with E-state index in [2.05, 4.69) is 10.1 Å². The highest BCUT2D eigenvalue weighted by Crippen LogP contribution is 2.37. The minimum absolute atomic E-state index is 0.0107. The van der Waals surface area contributed by atoms with Crippen molar-refractivity contribution in [2.45, 2.75) is 32.5 Å². The number of rotatable bonds is 4. The molecule has 1 saturated heterocycles. The average molecular weight is 388 g/mol. The number of piperidine rings is 1. The van der Waals surface area contributed by atoms with Crippen LogP contribution in [0, 0.1) is 11.8 Å². The Balaban J connectivity index is 2.24. The maximum Gasteiger partial charge on any atom is 0.418 e. The molecule has 1 aliphatic heterocycles. The second-order valence-corrected chi connectivity index (χ2v) is 6.84. The molecule has 2 N–H and O–H groups in total. The summed E-state index contributed by atoms with van der Waals surface area (Å²) < 4.78 is 44.6. The molecule has 6 nitrogen and oxygen atoms in total. The van der Waals surface area contributed by atoms with Crippen molar-refractivity contribution in [3.8, 4) is 0 Å². The number of anilines is 1. The van der Waals surface area contributed by atoms with Gasteiger partial charge in [0.05, 0.1) is 18.2 Å². The number of esters is 1. The molecule has 0 radical (unpaired) electrons. The first-order valence-corrected chi connectivity index (χ1v) is 8.58. The van der Waals surface area contributed by atoms with Gasteiger partial charge in [-0.3, -0.25) is 0 Å². The van der Waals surface area contributed by atoms with Gasteiger partial charge in [-0.1, -0.05) is 6.92 Å². The van der Waals surface area contributed by atoms with E-state index in [4.69, 9.17) is 5.11 Å². The minimum Gasteiger partial charge on any atom is -0.465 e. The Hall–Kier alpha value is -2.45. The van der Waals surface area contributed by atoms with E-state index in [0.29, 0.717) is 19.5 Å². The highest BCUT2D eigenvalue weighted by molar-refractivity contribution is 5.90. The van der Waals surface area contributed by atoms with Gasteiger partial charge in [0.2, 0.25) is 0 Å². The number of alkyl halides is 3. The van der Waals surface area contributed by atoms with Gasteiger partial charge in [-0.15, -0.1) is 0 Å². The lowest BCUT2D eigenvalue weighted by molar-refractivity contribution is -0.137. The van der Waals surface area contributed by atoms with Crippen molar-refractivity contribution in [1.29, 1.82) is 0 Å². The zero-order chi connectivity index (χ0) is 20.4. The molecule has 0 aromatic heterocycles. The number of amides is 1. The van der Waals surface area contributed by atoms with Crippen LogP contribution in [0.25, 0.3) is 0 Å². The summed E-state index contributed by atoms with van der Waals surface area (Å²) in [5.74, 6) is -0.749. The number of carbonyl (C=O) groups excluding carboxylic acids is 1. The van der Waals surface area contributed by atoms with Gasteiger partial charge in [-0.2, -0.15) is 13.2 Å². The molecular weight excluding hydrogens is 365 g/mol. The summed E-state index contributed by atoms with van der Waals surface area (Å²) >= 11 is 0. The predicted molar refractivity (Wildman–Crippen MR) is 92.7 cm³/mol. The lowest BCUT2D eigenvalue weighted by atomic mass is 9.82. The Morgan fingerprint density at radius 2 is 2.04 bits per heavy atom. The normalized spacial score (nSPS) is 21.5. The van der Waals surface area contributed by atoms with Crippen LogP contribution in [0.3, 0.4) is 0 Å². The zero-order valence-electron chi connectivity index (χ0n) is 15.3. The molecule has 1 fully saturated rings. The number of nitrogens with one attached hydrogen (secondary N) is 1. The fraction of sp³-hybridized carbons (Fsp3) is 0.556. The van der Waals surface area contributed by atoms with Gasteiger partial charge in [0.25, 0.3) is 0 Å². The number of carbonyl (C=O) groups is 2. The molecule has 0 spiro atoms. The molecule has 1 unspecified atom stereocenters. The maximum atomic E-state index is 13.3. The van der Waals surface area contributed by atoms with Crippen LogP contribution in [-0.4, -0.2) is 48.3 Å². The highest BCUT2D eigenvalue weighted by Gasteiger charge is 2.36. The molecule has 0 saturated carbocycles. The molecule has 1 heterocycles. The quantitative estimate of drug-likeness (QED) is 0.764. The zero-order valence-corrected chi connectivity index (χ0v) is 15.3. The molecule has 0 bridgehead atoms.